The summed E-state index contributed by atoms with van der Waals surface area (Å²) >= 11 is 0. The summed E-state index contributed by atoms with van der Waals surface area (Å²) in [6, 6.07) is 0.730. The number of ether oxygens (including phenoxy) is 1. The molecule has 2 rings (SSSR count). The van der Waals surface area contributed by atoms with Crippen molar-refractivity contribution in [2.45, 2.75) is 18.6 Å². The molecule has 1 aliphatic carbocycles. The van der Waals surface area contributed by atoms with Crippen LogP contribution >= 0.6 is 0 Å². The lowest BCUT2D eigenvalue weighted by molar-refractivity contribution is 0.0922. The quantitative estimate of drug-likeness (QED) is 0.452. The minimum Gasteiger partial charge on any atom is -0.375 e. The molecule has 0 amide bonds. The van der Waals surface area contributed by atoms with Crippen LogP contribution in [-0.2, 0) is 4.74 Å². The molecule has 0 bridgehead atoms. The predicted octanol–water partition coefficient (Wildman–Crippen LogP) is -0.253. The molecule has 1 saturated carbocycles. The average molecular weight is 99.1 g/mol. The van der Waals surface area contributed by atoms with E-state index in [0.717, 1.165) is 19.2 Å². The van der Waals surface area contributed by atoms with Crippen molar-refractivity contribution in [3.05, 3.63) is 0 Å². The third-order valence-electron chi connectivity index (χ3n) is 1.57. The first kappa shape index (κ1) is 3.87. The van der Waals surface area contributed by atoms with Crippen molar-refractivity contribution in [1.29, 1.82) is 0 Å². The van der Waals surface area contributed by atoms with Crippen LogP contribution in [0.1, 0.15) is 6.42 Å². The molecule has 40 valence electrons. The molecule has 2 aliphatic rings. The van der Waals surface area contributed by atoms with Gasteiger partial charge in [0.1, 0.15) is 0 Å². The molecule has 1 heterocycles. The first-order valence-corrected chi connectivity index (χ1v) is 2.82. The fourth-order valence-electron chi connectivity index (χ4n) is 1.03. The normalized spacial score (nSPS) is 48.0. The Bertz CT molecular complexity index is 74.1. The average Bonchev–Trinajstić information content (AvgIpc) is 2.41. The molecule has 0 unspecified atom stereocenters. The predicted molar refractivity (Wildman–Crippen MR) is 26.1 cm³/mol. The molecule has 0 aromatic rings. The van der Waals surface area contributed by atoms with Gasteiger partial charge in [-0.15, -0.1) is 0 Å². The van der Waals surface area contributed by atoms with Crippen LogP contribution in [-0.4, -0.2) is 25.3 Å². The topological polar surface area (TPSA) is 21.3 Å². The monoisotopic (exact) mass is 99.1 g/mol. The van der Waals surface area contributed by atoms with Gasteiger partial charge in [-0.1, -0.05) is 0 Å². The van der Waals surface area contributed by atoms with Crippen LogP contribution in [0.15, 0.2) is 0 Å². The third kappa shape index (κ3) is 0.545. The van der Waals surface area contributed by atoms with Crippen LogP contribution < -0.4 is 5.32 Å². The molecule has 2 atom stereocenters. The maximum absolute atomic E-state index is 5.29. The van der Waals surface area contributed by atoms with Crippen LogP contribution in [0.5, 0.6) is 0 Å². The second-order valence-corrected chi connectivity index (χ2v) is 2.21. The first-order chi connectivity index (χ1) is 3.47. The van der Waals surface area contributed by atoms with E-state index in [1.54, 1.807) is 0 Å². The lowest BCUT2D eigenvalue weighted by Crippen LogP contribution is -2.30. The number of rotatable bonds is 0. The maximum atomic E-state index is 5.29. The van der Waals surface area contributed by atoms with Gasteiger partial charge in [-0.2, -0.15) is 0 Å². The SMILES string of the molecule is C1CO[C@@H]2C[C@H]2N1. The zero-order valence-electron chi connectivity index (χ0n) is 4.18. The minimum absolute atomic E-state index is 0.591. The van der Waals surface area contributed by atoms with E-state index in [4.69, 9.17) is 4.74 Å². The van der Waals surface area contributed by atoms with E-state index in [0.29, 0.717) is 6.10 Å². The van der Waals surface area contributed by atoms with Crippen molar-refractivity contribution in [3.63, 3.8) is 0 Å². The molecule has 7 heavy (non-hydrogen) atoms. The zero-order chi connectivity index (χ0) is 4.69. The van der Waals surface area contributed by atoms with Crippen molar-refractivity contribution in [2.24, 2.45) is 0 Å². The Hall–Kier alpha value is -0.0800. The summed E-state index contributed by atoms with van der Waals surface area (Å²) in [4.78, 5) is 0. The fraction of sp³-hybridized carbons (Fsp3) is 1.00. The molecule has 1 N–H and O–H groups in total. The van der Waals surface area contributed by atoms with Crippen LogP contribution in [0.25, 0.3) is 0 Å². The van der Waals surface area contributed by atoms with E-state index in [-0.39, 0.29) is 0 Å². The van der Waals surface area contributed by atoms with Crippen molar-refractivity contribution in [1.82, 2.24) is 5.32 Å². The largest absolute Gasteiger partial charge is 0.375 e. The number of fused-ring (bicyclic) bond motifs is 1. The van der Waals surface area contributed by atoms with Crippen LogP contribution in [0.2, 0.25) is 0 Å². The number of hydrogen-bond donors (Lipinski definition) is 1. The van der Waals surface area contributed by atoms with Gasteiger partial charge in [0.25, 0.3) is 0 Å². The summed E-state index contributed by atoms with van der Waals surface area (Å²) in [5.41, 5.74) is 0. The van der Waals surface area contributed by atoms with E-state index < -0.39 is 0 Å². The second kappa shape index (κ2) is 1.20. The lowest BCUT2D eigenvalue weighted by Gasteiger charge is -2.09. The minimum atomic E-state index is 0.591. The van der Waals surface area contributed by atoms with Gasteiger partial charge >= 0.3 is 0 Å². The lowest BCUT2D eigenvalue weighted by atomic mass is 10.5. The molecular weight excluding hydrogens is 90.1 g/mol. The van der Waals surface area contributed by atoms with Gasteiger partial charge < -0.3 is 10.1 Å². The molecule has 0 aromatic heterocycles. The number of nitrogens with one attached hydrogen (secondary N) is 1. The van der Waals surface area contributed by atoms with Gasteiger partial charge in [0.05, 0.1) is 12.7 Å². The van der Waals surface area contributed by atoms with E-state index in [2.05, 4.69) is 5.32 Å². The molecule has 2 nitrogen and oxygen atoms in total. The highest BCUT2D eigenvalue weighted by atomic mass is 16.5. The van der Waals surface area contributed by atoms with Crippen molar-refractivity contribution in [2.75, 3.05) is 13.2 Å². The third-order valence-corrected chi connectivity index (χ3v) is 1.57. The molecule has 2 heteroatoms. The van der Waals surface area contributed by atoms with Crippen LogP contribution in [0, 0.1) is 0 Å². The van der Waals surface area contributed by atoms with Gasteiger partial charge in [-0.3, -0.25) is 0 Å². The molecule has 0 spiro atoms. The first-order valence-electron chi connectivity index (χ1n) is 2.82. The van der Waals surface area contributed by atoms with Crippen LogP contribution in [0.3, 0.4) is 0 Å². The highest BCUT2D eigenvalue weighted by Crippen LogP contribution is 2.26. The van der Waals surface area contributed by atoms with Gasteiger partial charge in [-0.25, -0.2) is 0 Å². The number of hydrogen-bond acceptors (Lipinski definition) is 2. The Kier molecular flexibility index (Phi) is 0.664. The zero-order valence-corrected chi connectivity index (χ0v) is 4.18. The summed E-state index contributed by atoms with van der Waals surface area (Å²) < 4.78 is 5.29. The van der Waals surface area contributed by atoms with E-state index in [9.17, 15) is 0 Å². The summed E-state index contributed by atoms with van der Waals surface area (Å²) in [7, 11) is 0. The molecule has 1 aliphatic heterocycles. The summed E-state index contributed by atoms with van der Waals surface area (Å²) in [5.74, 6) is 0. The Labute approximate surface area is 42.9 Å². The molecule has 2 fully saturated rings. The summed E-state index contributed by atoms with van der Waals surface area (Å²) in [6.07, 6.45) is 1.84. The molecule has 1 saturated heterocycles. The maximum Gasteiger partial charge on any atom is 0.0745 e. The molecule has 0 radical (unpaired) electrons. The Morgan fingerprint density at radius 3 is 3.14 bits per heavy atom. The summed E-state index contributed by atoms with van der Waals surface area (Å²) in [6.45, 7) is 1.97. The van der Waals surface area contributed by atoms with Crippen molar-refractivity contribution >= 4 is 0 Å². The molecule has 0 aromatic carbocycles. The highest BCUT2D eigenvalue weighted by Gasteiger charge is 2.39. The highest BCUT2D eigenvalue weighted by molar-refractivity contribution is 4.96. The van der Waals surface area contributed by atoms with Gasteiger partial charge in [0, 0.05) is 12.6 Å². The molecular formula is C5H9NO. The summed E-state index contributed by atoms with van der Waals surface area (Å²) in [5, 5.41) is 3.33. The van der Waals surface area contributed by atoms with Gasteiger partial charge in [0.2, 0.25) is 0 Å². The standard InChI is InChI=1S/C5H9NO/c1-2-7-5-3-4(5)6-1/h4-6H,1-3H2/t4-,5-/m1/s1. The number of morpholine rings is 1. The Morgan fingerprint density at radius 2 is 2.57 bits per heavy atom. The Morgan fingerprint density at radius 1 is 1.57 bits per heavy atom. The van der Waals surface area contributed by atoms with E-state index in [1.165, 1.54) is 6.42 Å². The van der Waals surface area contributed by atoms with Crippen molar-refractivity contribution < 1.29 is 4.74 Å². The van der Waals surface area contributed by atoms with Crippen molar-refractivity contribution in [3.8, 4) is 0 Å². The van der Waals surface area contributed by atoms with Gasteiger partial charge in [-0.05, 0) is 6.42 Å². The fourth-order valence-corrected chi connectivity index (χ4v) is 1.03. The van der Waals surface area contributed by atoms with Crippen LogP contribution in [0.4, 0.5) is 0 Å². The van der Waals surface area contributed by atoms with Gasteiger partial charge in [0.15, 0.2) is 0 Å². The van der Waals surface area contributed by atoms with E-state index in [1.807, 2.05) is 0 Å². The van der Waals surface area contributed by atoms with E-state index >= 15 is 0 Å². The second-order valence-electron chi connectivity index (χ2n) is 2.21. The smallest absolute Gasteiger partial charge is 0.0745 e. The Balaban J connectivity index is 1.95.